The fourth-order valence-corrected chi connectivity index (χ4v) is 3.08. The summed E-state index contributed by atoms with van der Waals surface area (Å²) in [5, 5.41) is 3.21. The van der Waals surface area contributed by atoms with Crippen molar-refractivity contribution in [2.45, 2.75) is 13.8 Å². The standard InChI is InChI=1S/C15H24N4OS/c1-4-18(5-2)7-8-19(9-10-20-3)14-13-6-11-21-15(13)17-12-16-14/h6,11-12H,4-5,7-10H2,1-3H3. The van der Waals surface area contributed by atoms with Gasteiger partial charge in [0.1, 0.15) is 17.0 Å². The smallest absolute Gasteiger partial charge is 0.140 e. The van der Waals surface area contributed by atoms with Crippen LogP contribution in [0.4, 0.5) is 5.82 Å². The molecule has 0 saturated carbocycles. The largest absolute Gasteiger partial charge is 0.383 e. The van der Waals surface area contributed by atoms with Gasteiger partial charge in [-0.15, -0.1) is 11.3 Å². The number of likely N-dealkylation sites (N-methyl/N-ethyl adjacent to an activating group) is 1. The first-order valence-electron chi connectivity index (χ1n) is 7.44. The molecule has 0 unspecified atom stereocenters. The lowest BCUT2D eigenvalue weighted by Crippen LogP contribution is -2.37. The van der Waals surface area contributed by atoms with Crippen molar-refractivity contribution in [2.75, 3.05) is 51.3 Å². The second-order valence-corrected chi connectivity index (χ2v) is 5.74. The van der Waals surface area contributed by atoms with E-state index in [4.69, 9.17) is 4.74 Å². The normalized spacial score (nSPS) is 11.4. The van der Waals surface area contributed by atoms with Gasteiger partial charge in [-0.1, -0.05) is 13.8 Å². The Morgan fingerprint density at radius 1 is 1.14 bits per heavy atom. The first-order valence-corrected chi connectivity index (χ1v) is 8.32. The number of nitrogens with zero attached hydrogens (tertiary/aromatic N) is 4. The molecule has 0 saturated heterocycles. The molecule has 0 fully saturated rings. The van der Waals surface area contributed by atoms with Crippen molar-refractivity contribution in [3.05, 3.63) is 17.8 Å². The lowest BCUT2D eigenvalue weighted by molar-refractivity contribution is 0.203. The van der Waals surface area contributed by atoms with Crippen LogP contribution in [0.3, 0.4) is 0 Å². The third kappa shape index (κ3) is 4.12. The van der Waals surface area contributed by atoms with E-state index in [1.54, 1.807) is 24.8 Å². The number of ether oxygens (including phenoxy) is 1. The fraction of sp³-hybridized carbons (Fsp3) is 0.600. The van der Waals surface area contributed by atoms with E-state index in [9.17, 15) is 0 Å². The number of methoxy groups -OCH3 is 1. The molecule has 0 atom stereocenters. The molecule has 2 heterocycles. The zero-order chi connectivity index (χ0) is 15.1. The zero-order valence-electron chi connectivity index (χ0n) is 13.1. The molecule has 0 aliphatic carbocycles. The van der Waals surface area contributed by atoms with Crippen molar-refractivity contribution in [2.24, 2.45) is 0 Å². The highest BCUT2D eigenvalue weighted by Gasteiger charge is 2.14. The Balaban J connectivity index is 2.16. The summed E-state index contributed by atoms with van der Waals surface area (Å²) in [6.45, 7) is 10.1. The summed E-state index contributed by atoms with van der Waals surface area (Å²) in [6, 6.07) is 2.10. The SMILES string of the molecule is CCN(CC)CCN(CCOC)c1ncnc2sccc12. The van der Waals surface area contributed by atoms with Gasteiger partial charge in [-0.2, -0.15) is 0 Å². The first-order chi connectivity index (χ1) is 10.3. The number of anilines is 1. The minimum atomic E-state index is 0.702. The number of rotatable bonds is 9. The van der Waals surface area contributed by atoms with Crippen LogP contribution in [0.1, 0.15) is 13.8 Å². The Kier molecular flexibility index (Phi) is 6.35. The van der Waals surface area contributed by atoms with Gasteiger partial charge in [0.2, 0.25) is 0 Å². The Morgan fingerprint density at radius 3 is 2.67 bits per heavy atom. The van der Waals surface area contributed by atoms with Crippen LogP contribution in [-0.2, 0) is 4.74 Å². The van der Waals surface area contributed by atoms with Crippen LogP contribution in [0.2, 0.25) is 0 Å². The molecule has 0 amide bonds. The predicted octanol–water partition coefficient (Wildman–Crippen LogP) is 2.49. The first kappa shape index (κ1) is 16.1. The van der Waals surface area contributed by atoms with E-state index in [2.05, 4.69) is 45.1 Å². The lowest BCUT2D eigenvalue weighted by Gasteiger charge is -2.27. The zero-order valence-corrected chi connectivity index (χ0v) is 13.9. The molecule has 116 valence electrons. The second-order valence-electron chi connectivity index (χ2n) is 4.84. The van der Waals surface area contributed by atoms with Crippen molar-refractivity contribution < 1.29 is 4.74 Å². The van der Waals surface area contributed by atoms with Crippen LogP contribution < -0.4 is 4.90 Å². The van der Waals surface area contributed by atoms with Gasteiger partial charge in [0.05, 0.1) is 12.0 Å². The maximum Gasteiger partial charge on any atom is 0.140 e. The highest BCUT2D eigenvalue weighted by atomic mass is 32.1. The lowest BCUT2D eigenvalue weighted by atomic mass is 10.3. The molecule has 0 radical (unpaired) electrons. The van der Waals surface area contributed by atoms with Gasteiger partial charge in [-0.3, -0.25) is 0 Å². The topological polar surface area (TPSA) is 41.5 Å². The van der Waals surface area contributed by atoms with Crippen molar-refractivity contribution in [1.29, 1.82) is 0 Å². The van der Waals surface area contributed by atoms with Crippen molar-refractivity contribution in [3.8, 4) is 0 Å². The molecule has 2 aromatic rings. The number of fused-ring (bicyclic) bond motifs is 1. The van der Waals surface area contributed by atoms with E-state index in [0.717, 1.165) is 48.8 Å². The third-order valence-electron chi connectivity index (χ3n) is 3.69. The third-order valence-corrected chi connectivity index (χ3v) is 4.51. The Labute approximate surface area is 130 Å². The van der Waals surface area contributed by atoms with Crippen LogP contribution in [-0.4, -0.2) is 61.3 Å². The van der Waals surface area contributed by atoms with Crippen LogP contribution in [0, 0.1) is 0 Å². The number of thiophene rings is 1. The van der Waals surface area contributed by atoms with E-state index >= 15 is 0 Å². The summed E-state index contributed by atoms with van der Waals surface area (Å²) in [5.74, 6) is 1.02. The highest BCUT2D eigenvalue weighted by molar-refractivity contribution is 7.16. The fourth-order valence-electron chi connectivity index (χ4n) is 2.36. The number of aromatic nitrogens is 2. The van der Waals surface area contributed by atoms with E-state index in [1.165, 1.54) is 0 Å². The van der Waals surface area contributed by atoms with Gasteiger partial charge in [0, 0.05) is 26.7 Å². The quantitative estimate of drug-likeness (QED) is 0.712. The van der Waals surface area contributed by atoms with Gasteiger partial charge in [-0.25, -0.2) is 9.97 Å². The Bertz CT molecular complexity index is 541. The maximum atomic E-state index is 5.25. The molecule has 2 aromatic heterocycles. The summed E-state index contributed by atoms with van der Waals surface area (Å²) in [5.41, 5.74) is 0. The summed E-state index contributed by atoms with van der Waals surface area (Å²) in [6.07, 6.45) is 1.66. The molecule has 0 N–H and O–H groups in total. The predicted molar refractivity (Wildman–Crippen MR) is 89.3 cm³/mol. The van der Waals surface area contributed by atoms with Crippen LogP contribution >= 0.6 is 11.3 Å². The molecule has 0 bridgehead atoms. The van der Waals surface area contributed by atoms with Crippen LogP contribution in [0.15, 0.2) is 17.8 Å². The van der Waals surface area contributed by atoms with E-state index in [1.807, 2.05) is 0 Å². The van der Waals surface area contributed by atoms with Gasteiger partial charge in [0.25, 0.3) is 0 Å². The molecular formula is C15H24N4OS. The molecule has 6 heteroatoms. The Morgan fingerprint density at radius 2 is 1.95 bits per heavy atom. The summed E-state index contributed by atoms with van der Waals surface area (Å²) < 4.78 is 5.25. The van der Waals surface area contributed by atoms with Gasteiger partial charge >= 0.3 is 0 Å². The number of hydrogen-bond donors (Lipinski definition) is 0. The Hall–Kier alpha value is -1.24. The maximum absolute atomic E-state index is 5.25. The van der Waals surface area contributed by atoms with E-state index < -0.39 is 0 Å². The molecule has 0 aromatic carbocycles. The van der Waals surface area contributed by atoms with Gasteiger partial charge in [0.15, 0.2) is 0 Å². The average Bonchev–Trinajstić information content (AvgIpc) is 3.00. The van der Waals surface area contributed by atoms with Gasteiger partial charge < -0.3 is 14.5 Å². The average molecular weight is 308 g/mol. The van der Waals surface area contributed by atoms with Crippen molar-refractivity contribution in [3.63, 3.8) is 0 Å². The van der Waals surface area contributed by atoms with E-state index in [-0.39, 0.29) is 0 Å². The monoisotopic (exact) mass is 308 g/mol. The second kappa shape index (κ2) is 8.26. The molecular weight excluding hydrogens is 284 g/mol. The van der Waals surface area contributed by atoms with Crippen molar-refractivity contribution in [1.82, 2.24) is 14.9 Å². The summed E-state index contributed by atoms with van der Waals surface area (Å²) >= 11 is 1.66. The molecule has 0 aliphatic heterocycles. The van der Waals surface area contributed by atoms with Crippen LogP contribution in [0.5, 0.6) is 0 Å². The molecule has 5 nitrogen and oxygen atoms in total. The minimum absolute atomic E-state index is 0.702. The summed E-state index contributed by atoms with van der Waals surface area (Å²) in [4.78, 5) is 14.6. The summed E-state index contributed by atoms with van der Waals surface area (Å²) in [7, 11) is 1.74. The van der Waals surface area contributed by atoms with Crippen molar-refractivity contribution >= 4 is 27.4 Å². The minimum Gasteiger partial charge on any atom is -0.383 e. The van der Waals surface area contributed by atoms with Crippen LogP contribution in [0.25, 0.3) is 10.2 Å². The molecule has 0 spiro atoms. The molecule has 21 heavy (non-hydrogen) atoms. The van der Waals surface area contributed by atoms with E-state index in [0.29, 0.717) is 6.61 Å². The highest BCUT2D eigenvalue weighted by Crippen LogP contribution is 2.26. The number of hydrogen-bond acceptors (Lipinski definition) is 6. The van der Waals surface area contributed by atoms with Gasteiger partial charge in [-0.05, 0) is 24.5 Å². The molecule has 0 aliphatic rings. The molecule has 2 rings (SSSR count).